The molecule has 2 aromatic carbocycles. The van der Waals surface area contributed by atoms with E-state index in [2.05, 4.69) is 5.32 Å². The van der Waals surface area contributed by atoms with Gasteiger partial charge in [0.25, 0.3) is 5.78 Å². The summed E-state index contributed by atoms with van der Waals surface area (Å²) in [5.74, 6) is -1.64. The average molecular weight is 281 g/mol. The molecule has 0 spiro atoms. The summed E-state index contributed by atoms with van der Waals surface area (Å²) < 4.78 is 0. The molecule has 1 aliphatic carbocycles. The quantitative estimate of drug-likeness (QED) is 0.581. The lowest BCUT2D eigenvalue weighted by Crippen LogP contribution is -2.27. The van der Waals surface area contributed by atoms with E-state index >= 15 is 0 Å². The Balaban J connectivity index is 2.06. The van der Waals surface area contributed by atoms with Crippen molar-refractivity contribution >= 4 is 23.0 Å². The maximum atomic E-state index is 12.1. The Morgan fingerprint density at radius 2 is 1.38 bits per heavy atom. The van der Waals surface area contributed by atoms with Crippen LogP contribution in [0.4, 0.5) is 5.69 Å². The summed E-state index contributed by atoms with van der Waals surface area (Å²) in [6, 6.07) is 12.3. The molecule has 0 heterocycles. The number of benzene rings is 2. The number of aromatic hydroxyl groups is 1. The largest absolute Gasteiger partial charge is 0.508 e. The van der Waals surface area contributed by atoms with Gasteiger partial charge < -0.3 is 15.5 Å². The van der Waals surface area contributed by atoms with Gasteiger partial charge in [-0.15, -0.1) is 0 Å². The molecule has 0 amide bonds. The molecule has 0 radical (unpaired) electrons. The number of Topliss-reactive ketones (excluding diaryl/α,β-unsaturated/α-hetero) is 2. The number of carbonyl (C=O) groups excluding carboxylic acids is 2. The normalized spacial score (nSPS) is 14.1. The van der Waals surface area contributed by atoms with Crippen LogP contribution in [0.15, 0.2) is 54.2 Å². The summed E-state index contributed by atoms with van der Waals surface area (Å²) in [7, 11) is 0. The van der Waals surface area contributed by atoms with Crippen molar-refractivity contribution in [2.24, 2.45) is 0 Å². The van der Waals surface area contributed by atoms with Crippen molar-refractivity contribution in [1.29, 1.82) is 0 Å². The molecule has 21 heavy (non-hydrogen) atoms. The number of hydrogen-bond acceptors (Lipinski definition) is 5. The van der Waals surface area contributed by atoms with Crippen molar-refractivity contribution in [3.05, 3.63) is 65.4 Å². The number of aliphatic hydroxyl groups is 1. The highest BCUT2D eigenvalue weighted by molar-refractivity contribution is 6.52. The van der Waals surface area contributed by atoms with Crippen LogP contribution in [0.3, 0.4) is 0 Å². The molecule has 0 saturated heterocycles. The van der Waals surface area contributed by atoms with Crippen LogP contribution in [0.1, 0.15) is 15.9 Å². The van der Waals surface area contributed by atoms with Crippen molar-refractivity contribution < 1.29 is 19.8 Å². The fourth-order valence-electron chi connectivity index (χ4n) is 2.17. The first-order chi connectivity index (χ1) is 10.1. The minimum atomic E-state index is -0.792. The number of fused-ring (bicyclic) bond motifs is 1. The Morgan fingerprint density at radius 1 is 0.762 bits per heavy atom. The van der Waals surface area contributed by atoms with Crippen LogP contribution in [0.25, 0.3) is 5.76 Å². The predicted octanol–water partition coefficient (Wildman–Crippen LogP) is 2.50. The van der Waals surface area contributed by atoms with E-state index in [0.29, 0.717) is 11.3 Å². The third kappa shape index (κ3) is 2.14. The Morgan fingerprint density at radius 3 is 2.05 bits per heavy atom. The third-order valence-corrected chi connectivity index (χ3v) is 3.23. The first kappa shape index (κ1) is 12.9. The Bertz CT molecular complexity index is 775. The van der Waals surface area contributed by atoms with Crippen LogP contribution in [0.5, 0.6) is 5.75 Å². The summed E-state index contributed by atoms with van der Waals surface area (Å²) in [5, 5.41) is 22.2. The van der Waals surface area contributed by atoms with Crippen molar-refractivity contribution in [2.75, 3.05) is 5.32 Å². The van der Waals surface area contributed by atoms with Gasteiger partial charge in [-0.3, -0.25) is 9.59 Å². The van der Waals surface area contributed by atoms with Gasteiger partial charge in [-0.25, -0.2) is 0 Å². The lowest BCUT2D eigenvalue weighted by atomic mass is 9.91. The molecule has 0 fully saturated rings. The van der Waals surface area contributed by atoms with E-state index in [4.69, 9.17) is 0 Å². The molecule has 0 aliphatic heterocycles. The van der Waals surface area contributed by atoms with E-state index in [1.807, 2.05) is 0 Å². The van der Waals surface area contributed by atoms with Gasteiger partial charge in [-0.05, 0) is 24.3 Å². The zero-order valence-corrected chi connectivity index (χ0v) is 10.8. The lowest BCUT2D eigenvalue weighted by Gasteiger charge is -2.18. The molecule has 0 atom stereocenters. The van der Waals surface area contributed by atoms with E-state index in [1.165, 1.54) is 30.3 Å². The molecule has 0 unspecified atom stereocenters. The van der Waals surface area contributed by atoms with Gasteiger partial charge in [0.15, 0.2) is 5.76 Å². The molecule has 1 aliphatic rings. The molecular formula is C16H11NO4. The molecule has 3 N–H and O–H groups in total. The zero-order chi connectivity index (χ0) is 15.0. The molecule has 5 heteroatoms. The second-order valence-corrected chi connectivity index (χ2v) is 4.60. The second-order valence-electron chi connectivity index (χ2n) is 4.60. The number of nitrogens with one attached hydrogen (secondary N) is 1. The highest BCUT2D eigenvalue weighted by atomic mass is 16.3. The Kier molecular flexibility index (Phi) is 2.95. The Labute approximate surface area is 120 Å². The first-order valence-electron chi connectivity index (χ1n) is 6.25. The second kappa shape index (κ2) is 4.79. The maximum Gasteiger partial charge on any atom is 0.253 e. The summed E-state index contributed by atoms with van der Waals surface area (Å²) in [6.45, 7) is 0. The van der Waals surface area contributed by atoms with Crippen LogP contribution in [-0.4, -0.2) is 21.8 Å². The lowest BCUT2D eigenvalue weighted by molar-refractivity contribution is -0.111. The number of phenols is 1. The number of phenolic OH excluding ortho intramolecular Hbond substituents is 1. The van der Waals surface area contributed by atoms with Gasteiger partial charge in [-0.2, -0.15) is 0 Å². The maximum absolute atomic E-state index is 12.1. The summed E-state index contributed by atoms with van der Waals surface area (Å²) in [5.41, 5.74) is 0.832. The SMILES string of the molecule is O=C1C(=O)c2ccccc2C(O)=C1Nc1ccc(O)cc1. The molecule has 5 nitrogen and oxygen atoms in total. The van der Waals surface area contributed by atoms with Crippen LogP contribution < -0.4 is 5.32 Å². The minimum absolute atomic E-state index is 0.0788. The van der Waals surface area contributed by atoms with E-state index in [1.54, 1.807) is 18.2 Å². The van der Waals surface area contributed by atoms with E-state index < -0.39 is 11.6 Å². The van der Waals surface area contributed by atoms with Crippen LogP contribution in [0.2, 0.25) is 0 Å². The molecule has 3 rings (SSSR count). The fourth-order valence-corrected chi connectivity index (χ4v) is 2.17. The first-order valence-corrected chi connectivity index (χ1v) is 6.25. The predicted molar refractivity (Wildman–Crippen MR) is 77.1 cm³/mol. The summed E-state index contributed by atoms with van der Waals surface area (Å²) in [4.78, 5) is 24.1. The number of carbonyl (C=O) groups is 2. The van der Waals surface area contributed by atoms with Crippen LogP contribution in [-0.2, 0) is 4.79 Å². The number of hydrogen-bond donors (Lipinski definition) is 3. The monoisotopic (exact) mass is 281 g/mol. The van der Waals surface area contributed by atoms with Crippen molar-refractivity contribution in [2.45, 2.75) is 0 Å². The molecule has 0 saturated carbocycles. The van der Waals surface area contributed by atoms with Gasteiger partial charge in [0.2, 0.25) is 5.78 Å². The smallest absolute Gasteiger partial charge is 0.253 e. The van der Waals surface area contributed by atoms with Crippen LogP contribution >= 0.6 is 0 Å². The molecular weight excluding hydrogens is 270 g/mol. The molecule has 0 bridgehead atoms. The highest BCUT2D eigenvalue weighted by Crippen LogP contribution is 2.28. The van der Waals surface area contributed by atoms with Gasteiger partial charge in [0.1, 0.15) is 11.4 Å². The standard InChI is InChI=1S/C16H11NO4/c18-10-7-5-9(6-8-10)17-13-14(19)11-3-1-2-4-12(11)15(20)16(13)21/h1-8,17-19H. The minimum Gasteiger partial charge on any atom is -0.508 e. The third-order valence-electron chi connectivity index (χ3n) is 3.23. The van der Waals surface area contributed by atoms with Crippen LogP contribution in [0, 0.1) is 0 Å². The molecule has 0 aromatic heterocycles. The number of allylic oxidation sites excluding steroid dienone is 1. The number of rotatable bonds is 2. The van der Waals surface area contributed by atoms with E-state index in [-0.39, 0.29) is 22.8 Å². The van der Waals surface area contributed by atoms with Gasteiger partial charge in [0, 0.05) is 16.8 Å². The summed E-state index contributed by atoms with van der Waals surface area (Å²) in [6.07, 6.45) is 0. The average Bonchev–Trinajstić information content (AvgIpc) is 2.51. The van der Waals surface area contributed by atoms with Gasteiger partial charge in [0.05, 0.1) is 0 Å². The van der Waals surface area contributed by atoms with Crippen molar-refractivity contribution in [3.8, 4) is 5.75 Å². The molecule has 104 valence electrons. The fraction of sp³-hybridized carbons (Fsp3) is 0. The summed E-state index contributed by atoms with van der Waals surface area (Å²) >= 11 is 0. The van der Waals surface area contributed by atoms with Gasteiger partial charge >= 0.3 is 0 Å². The van der Waals surface area contributed by atoms with Crippen molar-refractivity contribution in [1.82, 2.24) is 0 Å². The number of ketones is 2. The number of aliphatic hydroxyl groups excluding tert-OH is 1. The number of anilines is 1. The highest BCUT2D eigenvalue weighted by Gasteiger charge is 2.32. The topological polar surface area (TPSA) is 86.6 Å². The van der Waals surface area contributed by atoms with E-state index in [9.17, 15) is 19.8 Å². The van der Waals surface area contributed by atoms with E-state index in [0.717, 1.165) is 0 Å². The Hall–Kier alpha value is -3.08. The molecule has 2 aromatic rings. The zero-order valence-electron chi connectivity index (χ0n) is 10.8. The van der Waals surface area contributed by atoms with Gasteiger partial charge in [-0.1, -0.05) is 24.3 Å². The van der Waals surface area contributed by atoms with Crippen molar-refractivity contribution in [3.63, 3.8) is 0 Å².